The number of hydrogen-bond donors (Lipinski definition) is 1. The highest BCUT2D eigenvalue weighted by Crippen LogP contribution is 2.39. The highest BCUT2D eigenvalue weighted by atomic mass is 14.8. The summed E-state index contributed by atoms with van der Waals surface area (Å²) >= 11 is 0. The van der Waals surface area contributed by atoms with Gasteiger partial charge in [-0.25, -0.2) is 0 Å². The first-order chi connectivity index (χ1) is 14.1. The molecular weight excluding hydrogens is 352 g/mol. The van der Waals surface area contributed by atoms with Gasteiger partial charge in [-0.2, -0.15) is 0 Å². The third-order valence-electron chi connectivity index (χ3n) is 6.86. The Labute approximate surface area is 174 Å². The second kappa shape index (κ2) is 7.48. The third-order valence-corrected chi connectivity index (χ3v) is 6.86. The van der Waals surface area contributed by atoms with Crippen LogP contribution in [0, 0.1) is 20.8 Å². The van der Waals surface area contributed by atoms with E-state index in [1.54, 1.807) is 0 Å². The Morgan fingerprint density at radius 2 is 1.55 bits per heavy atom. The number of fused-ring (bicyclic) bond motifs is 2. The standard InChI is InChI=1S/C27H32N2/c1-17-13-18(2)26(19(3)14-17)27(25-16-21-10-7-8-12-23(21)29-25)24-15-20-9-5-4-6-11-22(20)28-24/h13-16,28H,4-12H2,1-3H3. The zero-order chi connectivity index (χ0) is 20.0. The van der Waals surface area contributed by atoms with Crippen molar-refractivity contribution in [3.8, 4) is 0 Å². The number of benzene rings is 1. The van der Waals surface area contributed by atoms with Gasteiger partial charge in [0, 0.05) is 22.7 Å². The molecule has 2 aromatic rings. The molecule has 2 nitrogen and oxygen atoms in total. The van der Waals surface area contributed by atoms with Crippen molar-refractivity contribution in [3.63, 3.8) is 0 Å². The number of aromatic amines is 1. The fourth-order valence-electron chi connectivity index (χ4n) is 5.56. The molecule has 2 heterocycles. The zero-order valence-electron chi connectivity index (χ0n) is 18.1. The van der Waals surface area contributed by atoms with Crippen LogP contribution in [0.5, 0.6) is 0 Å². The summed E-state index contributed by atoms with van der Waals surface area (Å²) in [4.78, 5) is 9.02. The Hall–Kier alpha value is -2.35. The van der Waals surface area contributed by atoms with E-state index < -0.39 is 0 Å². The molecular formula is C27H32N2. The van der Waals surface area contributed by atoms with Crippen LogP contribution in [0.1, 0.15) is 84.2 Å². The fraction of sp³-hybridized carbons (Fsp3) is 0.444. The van der Waals surface area contributed by atoms with Crippen LogP contribution in [0.2, 0.25) is 0 Å². The lowest BCUT2D eigenvalue weighted by Gasteiger charge is -2.16. The lowest BCUT2D eigenvalue weighted by molar-refractivity contribution is 0.707. The summed E-state index contributed by atoms with van der Waals surface area (Å²) in [5, 5.41) is 0. The van der Waals surface area contributed by atoms with Crippen molar-refractivity contribution in [2.24, 2.45) is 4.99 Å². The van der Waals surface area contributed by atoms with E-state index in [1.807, 2.05) is 0 Å². The summed E-state index contributed by atoms with van der Waals surface area (Å²) in [6.45, 7) is 6.71. The summed E-state index contributed by atoms with van der Waals surface area (Å²) in [6.07, 6.45) is 13.6. The topological polar surface area (TPSA) is 28.1 Å². The van der Waals surface area contributed by atoms with Crippen LogP contribution in [-0.4, -0.2) is 10.7 Å². The largest absolute Gasteiger partial charge is 0.358 e. The van der Waals surface area contributed by atoms with E-state index in [2.05, 4.69) is 50.0 Å². The number of allylic oxidation sites excluding steroid dienone is 2. The number of nitrogens with one attached hydrogen (secondary N) is 1. The quantitative estimate of drug-likeness (QED) is 0.544. The smallest absolute Gasteiger partial charge is 0.0735 e. The Morgan fingerprint density at radius 1 is 0.828 bits per heavy atom. The van der Waals surface area contributed by atoms with Gasteiger partial charge in [0.2, 0.25) is 0 Å². The summed E-state index contributed by atoms with van der Waals surface area (Å²) in [7, 11) is 0. The maximum absolute atomic E-state index is 5.18. The first-order valence-electron chi connectivity index (χ1n) is 11.4. The molecule has 2 heteroatoms. The van der Waals surface area contributed by atoms with Crippen molar-refractivity contribution in [1.82, 2.24) is 4.98 Å². The van der Waals surface area contributed by atoms with E-state index in [0.717, 1.165) is 6.42 Å². The first kappa shape index (κ1) is 18.7. The summed E-state index contributed by atoms with van der Waals surface area (Å²) < 4.78 is 0. The SMILES string of the molecule is Cc1cc(C)c(C(=C2C=C3CCCCC3=N2)c2cc3c([nH]2)CCCCC3)c(C)c1. The highest BCUT2D eigenvalue weighted by molar-refractivity contribution is 6.06. The van der Waals surface area contributed by atoms with Crippen molar-refractivity contribution in [2.75, 3.05) is 0 Å². The normalized spacial score (nSPS) is 20.5. The van der Waals surface area contributed by atoms with Crippen LogP contribution in [0.3, 0.4) is 0 Å². The molecule has 0 spiro atoms. The monoisotopic (exact) mass is 384 g/mol. The van der Waals surface area contributed by atoms with Gasteiger partial charge in [-0.1, -0.05) is 24.1 Å². The van der Waals surface area contributed by atoms with Gasteiger partial charge in [-0.05, 0) is 112 Å². The Bertz CT molecular complexity index is 988. The Kier molecular flexibility index (Phi) is 4.81. The van der Waals surface area contributed by atoms with Gasteiger partial charge in [0.05, 0.1) is 5.70 Å². The van der Waals surface area contributed by atoms with E-state index >= 15 is 0 Å². The van der Waals surface area contributed by atoms with Gasteiger partial charge in [-0.3, -0.25) is 4.99 Å². The molecule has 5 rings (SSSR count). The van der Waals surface area contributed by atoms with Crippen LogP contribution in [0.25, 0.3) is 5.57 Å². The molecule has 1 N–H and O–H groups in total. The molecule has 0 amide bonds. The molecule has 150 valence electrons. The van der Waals surface area contributed by atoms with Crippen molar-refractivity contribution >= 4 is 11.3 Å². The van der Waals surface area contributed by atoms with Gasteiger partial charge in [0.25, 0.3) is 0 Å². The highest BCUT2D eigenvalue weighted by Gasteiger charge is 2.25. The van der Waals surface area contributed by atoms with Gasteiger partial charge in [0.1, 0.15) is 0 Å². The number of H-pyrrole nitrogens is 1. The second-order valence-corrected chi connectivity index (χ2v) is 9.22. The molecule has 1 aromatic carbocycles. The van der Waals surface area contributed by atoms with E-state index in [1.165, 1.54) is 113 Å². The van der Waals surface area contributed by atoms with Crippen LogP contribution in [0.4, 0.5) is 0 Å². The van der Waals surface area contributed by atoms with E-state index in [-0.39, 0.29) is 0 Å². The zero-order valence-corrected chi connectivity index (χ0v) is 18.1. The van der Waals surface area contributed by atoms with Crippen LogP contribution < -0.4 is 0 Å². The molecule has 3 aliphatic rings. The number of nitrogens with zero attached hydrogens (tertiary/aromatic N) is 1. The first-order valence-corrected chi connectivity index (χ1v) is 11.4. The fourth-order valence-corrected chi connectivity index (χ4v) is 5.56. The van der Waals surface area contributed by atoms with Gasteiger partial charge in [-0.15, -0.1) is 0 Å². The predicted molar refractivity (Wildman–Crippen MR) is 123 cm³/mol. The maximum atomic E-state index is 5.18. The molecule has 0 radical (unpaired) electrons. The molecule has 1 fully saturated rings. The lowest BCUT2D eigenvalue weighted by Crippen LogP contribution is -2.05. The van der Waals surface area contributed by atoms with Crippen LogP contribution in [0.15, 0.2) is 40.5 Å². The van der Waals surface area contributed by atoms with Gasteiger partial charge < -0.3 is 4.98 Å². The summed E-state index contributed by atoms with van der Waals surface area (Å²) in [6, 6.07) is 7.07. The van der Waals surface area contributed by atoms with E-state index in [0.29, 0.717) is 0 Å². The average molecular weight is 385 g/mol. The van der Waals surface area contributed by atoms with Gasteiger partial charge >= 0.3 is 0 Å². The van der Waals surface area contributed by atoms with E-state index in [9.17, 15) is 0 Å². The molecule has 29 heavy (non-hydrogen) atoms. The minimum atomic E-state index is 1.13. The minimum Gasteiger partial charge on any atom is -0.358 e. The van der Waals surface area contributed by atoms with Crippen LogP contribution in [-0.2, 0) is 12.8 Å². The minimum absolute atomic E-state index is 1.13. The third kappa shape index (κ3) is 3.43. The molecule has 2 aliphatic carbocycles. The number of aliphatic imine (C=N–C) groups is 1. The molecule has 0 atom stereocenters. The number of hydrogen-bond acceptors (Lipinski definition) is 1. The maximum Gasteiger partial charge on any atom is 0.0735 e. The van der Waals surface area contributed by atoms with Gasteiger partial charge in [0.15, 0.2) is 0 Å². The van der Waals surface area contributed by atoms with E-state index in [4.69, 9.17) is 4.99 Å². The van der Waals surface area contributed by atoms with Crippen molar-refractivity contribution in [1.29, 1.82) is 0 Å². The Balaban J connectivity index is 1.73. The van der Waals surface area contributed by atoms with Crippen LogP contribution >= 0.6 is 0 Å². The number of aryl methyl sites for hydroxylation is 5. The molecule has 0 bridgehead atoms. The van der Waals surface area contributed by atoms with Crippen molar-refractivity contribution < 1.29 is 0 Å². The summed E-state index contributed by atoms with van der Waals surface area (Å²) in [5.74, 6) is 0. The average Bonchev–Trinajstić information content (AvgIpc) is 3.22. The molecule has 0 saturated heterocycles. The number of aromatic nitrogens is 1. The molecule has 1 aromatic heterocycles. The van der Waals surface area contributed by atoms with Crippen molar-refractivity contribution in [2.45, 2.75) is 78.6 Å². The predicted octanol–water partition coefficient (Wildman–Crippen LogP) is 6.92. The Morgan fingerprint density at radius 3 is 2.34 bits per heavy atom. The molecule has 1 aliphatic heterocycles. The molecule has 1 saturated carbocycles. The lowest BCUT2D eigenvalue weighted by atomic mass is 9.90. The molecule has 0 unspecified atom stereocenters. The number of rotatable bonds is 2. The summed E-state index contributed by atoms with van der Waals surface area (Å²) in [5.41, 5.74) is 14.9. The van der Waals surface area contributed by atoms with Crippen molar-refractivity contribution in [3.05, 3.63) is 74.8 Å². The second-order valence-electron chi connectivity index (χ2n) is 9.22.